The Morgan fingerprint density at radius 3 is 2.65 bits per heavy atom. The van der Waals surface area contributed by atoms with Gasteiger partial charge in [0.25, 0.3) is 0 Å². The van der Waals surface area contributed by atoms with Crippen molar-refractivity contribution in [1.29, 1.82) is 0 Å². The second-order valence-corrected chi connectivity index (χ2v) is 9.01. The Balaban J connectivity index is 1.64. The van der Waals surface area contributed by atoms with Crippen molar-refractivity contribution < 1.29 is 9.53 Å². The van der Waals surface area contributed by atoms with Crippen LogP contribution in [0.5, 0.6) is 0 Å². The first kappa shape index (κ1) is 19.4. The molecular weight excluding hydrogens is 398 g/mol. The van der Waals surface area contributed by atoms with Crippen LogP contribution in [-0.2, 0) is 4.74 Å². The summed E-state index contributed by atoms with van der Waals surface area (Å²) in [5.41, 5.74) is -0.371. The molecule has 26 heavy (non-hydrogen) atoms. The highest BCUT2D eigenvalue weighted by Gasteiger charge is 2.44. The number of ether oxygens (including phenoxy) is 1. The summed E-state index contributed by atoms with van der Waals surface area (Å²) in [5.74, 6) is 0.911. The molecule has 0 bridgehead atoms. The van der Waals surface area contributed by atoms with Gasteiger partial charge >= 0.3 is 6.09 Å². The van der Waals surface area contributed by atoms with E-state index in [2.05, 4.69) is 41.4 Å². The highest BCUT2D eigenvalue weighted by atomic mass is 79.9. The van der Waals surface area contributed by atoms with Gasteiger partial charge in [0.2, 0.25) is 0 Å². The Bertz CT molecular complexity index is 623. The first-order valence-electron chi connectivity index (χ1n) is 9.20. The summed E-state index contributed by atoms with van der Waals surface area (Å²) in [5, 5.41) is 6.53. The van der Waals surface area contributed by atoms with Gasteiger partial charge in [-0.3, -0.25) is 0 Å². The van der Waals surface area contributed by atoms with Gasteiger partial charge in [0.05, 0.1) is 18.4 Å². The van der Waals surface area contributed by atoms with Gasteiger partial charge in [-0.2, -0.15) is 0 Å². The maximum atomic E-state index is 12.3. The molecule has 2 fully saturated rings. The van der Waals surface area contributed by atoms with Gasteiger partial charge in [-0.05, 0) is 67.9 Å². The molecular formula is C18H28BrN5O2. The molecule has 3 rings (SSSR count). The van der Waals surface area contributed by atoms with Gasteiger partial charge in [-0.15, -0.1) is 0 Å². The lowest BCUT2D eigenvalue weighted by Gasteiger charge is -2.49. The van der Waals surface area contributed by atoms with E-state index < -0.39 is 5.60 Å². The highest BCUT2D eigenvalue weighted by Crippen LogP contribution is 2.40. The number of nitrogens with one attached hydrogen (secondary N) is 2. The van der Waals surface area contributed by atoms with Crippen molar-refractivity contribution in [2.75, 3.05) is 31.1 Å². The van der Waals surface area contributed by atoms with E-state index in [9.17, 15) is 4.79 Å². The van der Waals surface area contributed by atoms with Crippen molar-refractivity contribution in [3.8, 4) is 0 Å². The lowest BCUT2D eigenvalue weighted by atomic mass is 9.68. The van der Waals surface area contributed by atoms with Crippen molar-refractivity contribution in [1.82, 2.24) is 20.6 Å². The van der Waals surface area contributed by atoms with Crippen LogP contribution >= 0.6 is 15.9 Å². The van der Waals surface area contributed by atoms with Crippen molar-refractivity contribution in [3.05, 3.63) is 17.0 Å². The Labute approximate surface area is 163 Å². The number of halogens is 1. The Morgan fingerprint density at radius 2 is 2.04 bits per heavy atom. The topological polar surface area (TPSA) is 79.4 Å². The smallest absolute Gasteiger partial charge is 0.407 e. The number of carbonyl (C=O) groups is 1. The van der Waals surface area contributed by atoms with Gasteiger partial charge in [0.15, 0.2) is 0 Å². The average Bonchev–Trinajstić information content (AvgIpc) is 2.57. The molecule has 0 aromatic carbocycles. The zero-order chi connectivity index (χ0) is 18.8. The van der Waals surface area contributed by atoms with Crippen LogP contribution in [0.1, 0.15) is 40.0 Å². The number of hydrogen-bond donors (Lipinski definition) is 2. The van der Waals surface area contributed by atoms with Crippen molar-refractivity contribution in [2.45, 2.75) is 51.7 Å². The van der Waals surface area contributed by atoms with Crippen LogP contribution in [0.3, 0.4) is 0 Å². The number of alkyl carbamates (subject to hydrolysis) is 1. The van der Waals surface area contributed by atoms with Crippen molar-refractivity contribution in [3.63, 3.8) is 0 Å². The minimum Gasteiger partial charge on any atom is -0.444 e. The van der Waals surface area contributed by atoms with E-state index in [-0.39, 0.29) is 17.6 Å². The molecule has 8 heteroatoms. The van der Waals surface area contributed by atoms with Crippen LogP contribution < -0.4 is 15.5 Å². The van der Waals surface area contributed by atoms with E-state index in [1.54, 1.807) is 12.4 Å². The second kappa shape index (κ2) is 7.68. The molecule has 0 radical (unpaired) electrons. The zero-order valence-corrected chi connectivity index (χ0v) is 17.3. The molecule has 0 aliphatic carbocycles. The van der Waals surface area contributed by atoms with Gasteiger partial charge < -0.3 is 20.3 Å². The molecule has 1 atom stereocenters. The molecule has 0 saturated carbocycles. The fourth-order valence-corrected chi connectivity index (χ4v) is 4.08. The molecule has 1 amide bonds. The van der Waals surface area contributed by atoms with E-state index in [0.717, 1.165) is 55.9 Å². The Kier molecular flexibility index (Phi) is 5.72. The third-order valence-corrected chi connectivity index (χ3v) is 5.68. The summed E-state index contributed by atoms with van der Waals surface area (Å²) in [6.07, 6.45) is 6.32. The second-order valence-electron chi connectivity index (χ2n) is 8.20. The number of anilines is 1. The van der Waals surface area contributed by atoms with Crippen LogP contribution in [-0.4, -0.2) is 53.9 Å². The molecule has 2 aliphatic rings. The predicted octanol–water partition coefficient (Wildman–Crippen LogP) is 2.71. The number of amides is 1. The fourth-order valence-electron chi connectivity index (χ4n) is 3.88. The molecule has 1 aromatic rings. The molecule has 2 N–H and O–H groups in total. The summed E-state index contributed by atoms with van der Waals surface area (Å²) in [6.45, 7) is 9.28. The molecule has 144 valence electrons. The van der Waals surface area contributed by atoms with E-state index in [1.807, 2.05) is 20.8 Å². The monoisotopic (exact) mass is 425 g/mol. The molecule has 1 unspecified atom stereocenters. The van der Waals surface area contributed by atoms with E-state index in [1.165, 1.54) is 0 Å². The van der Waals surface area contributed by atoms with Crippen LogP contribution in [0, 0.1) is 5.41 Å². The fraction of sp³-hybridized carbons (Fsp3) is 0.722. The number of hydrogen-bond acceptors (Lipinski definition) is 6. The maximum Gasteiger partial charge on any atom is 0.407 e. The molecule has 2 saturated heterocycles. The van der Waals surface area contributed by atoms with Gasteiger partial charge in [0, 0.05) is 19.6 Å². The maximum absolute atomic E-state index is 12.3. The molecule has 1 spiro atoms. The molecule has 3 heterocycles. The van der Waals surface area contributed by atoms with Gasteiger partial charge in [-0.1, -0.05) is 0 Å². The van der Waals surface area contributed by atoms with Gasteiger partial charge in [-0.25, -0.2) is 14.8 Å². The normalized spacial score (nSPS) is 22.9. The number of piperidine rings is 2. The third kappa shape index (κ3) is 4.65. The van der Waals surface area contributed by atoms with Crippen LogP contribution in [0.25, 0.3) is 0 Å². The quantitative estimate of drug-likeness (QED) is 0.757. The minimum absolute atomic E-state index is 0.0873. The lowest BCUT2D eigenvalue weighted by molar-refractivity contribution is 0.0358. The molecule has 7 nitrogen and oxygen atoms in total. The van der Waals surface area contributed by atoms with Gasteiger partial charge in [0.1, 0.15) is 16.0 Å². The average molecular weight is 426 g/mol. The van der Waals surface area contributed by atoms with Crippen LogP contribution in [0.4, 0.5) is 10.6 Å². The molecule has 2 aliphatic heterocycles. The van der Waals surface area contributed by atoms with E-state index in [4.69, 9.17) is 4.74 Å². The Hall–Kier alpha value is -1.41. The summed E-state index contributed by atoms with van der Waals surface area (Å²) in [7, 11) is 0. The predicted molar refractivity (Wildman–Crippen MR) is 104 cm³/mol. The van der Waals surface area contributed by atoms with Crippen LogP contribution in [0.15, 0.2) is 17.0 Å². The summed E-state index contributed by atoms with van der Waals surface area (Å²) in [4.78, 5) is 23.3. The summed E-state index contributed by atoms with van der Waals surface area (Å²) >= 11 is 3.33. The SMILES string of the molecule is CC(C)(C)OC(=O)NC1CNCCC12CCN(c1cnc(Br)cn1)CC2. The standard InChI is InChI=1S/C18H28BrN5O2/c1-17(2,3)26-16(25)23-13-10-20-7-4-18(13)5-8-24(9-6-18)15-12-21-14(19)11-22-15/h11-13,20H,4-10H2,1-3H3,(H,23,25). The Morgan fingerprint density at radius 1 is 1.31 bits per heavy atom. The number of carbonyl (C=O) groups excluding carboxylic acids is 1. The highest BCUT2D eigenvalue weighted by molar-refractivity contribution is 9.10. The number of nitrogens with zero attached hydrogens (tertiary/aromatic N) is 3. The first-order chi connectivity index (χ1) is 12.3. The summed E-state index contributed by atoms with van der Waals surface area (Å²) in [6, 6.07) is 0.0873. The van der Waals surface area contributed by atoms with Crippen molar-refractivity contribution >= 4 is 27.8 Å². The number of rotatable bonds is 2. The van der Waals surface area contributed by atoms with Crippen LogP contribution in [0.2, 0.25) is 0 Å². The lowest BCUT2D eigenvalue weighted by Crippen LogP contribution is -2.61. The summed E-state index contributed by atoms with van der Waals surface area (Å²) < 4.78 is 6.21. The number of aromatic nitrogens is 2. The van der Waals surface area contributed by atoms with E-state index in [0.29, 0.717) is 0 Å². The zero-order valence-electron chi connectivity index (χ0n) is 15.7. The van der Waals surface area contributed by atoms with Crippen molar-refractivity contribution in [2.24, 2.45) is 5.41 Å². The first-order valence-corrected chi connectivity index (χ1v) is 9.99. The third-order valence-electron chi connectivity index (χ3n) is 5.27. The molecule has 1 aromatic heterocycles. The largest absolute Gasteiger partial charge is 0.444 e. The minimum atomic E-state index is -0.483. The van der Waals surface area contributed by atoms with E-state index >= 15 is 0 Å².